The van der Waals surface area contributed by atoms with Gasteiger partial charge in [-0.1, -0.05) is 19.9 Å². The van der Waals surface area contributed by atoms with Gasteiger partial charge >= 0.3 is 0 Å². The van der Waals surface area contributed by atoms with Crippen LogP contribution in [-0.4, -0.2) is 16.4 Å². The minimum Gasteiger partial charge on any atom is -0.417 e. The topological polar surface area (TPSA) is 9.23 Å². The molecule has 0 atom stereocenters. The molecule has 2 heteroatoms. The number of hydrogen-bond donors (Lipinski definition) is 0. The molecule has 0 aliphatic heterocycles. The van der Waals surface area contributed by atoms with Gasteiger partial charge in [-0.3, -0.25) is 0 Å². The fraction of sp³-hybridized carbons (Fsp3) is 0.714. The molecule has 0 N–H and O–H groups in total. The van der Waals surface area contributed by atoms with Gasteiger partial charge < -0.3 is 4.43 Å². The van der Waals surface area contributed by atoms with E-state index in [4.69, 9.17) is 4.43 Å². The molecule has 2 radical (unpaired) electrons. The van der Waals surface area contributed by atoms with E-state index in [1.165, 1.54) is 0 Å². The summed E-state index contributed by atoms with van der Waals surface area (Å²) in [6, 6.07) is 0.993. The molecular formula is C7H14OSi. The highest BCUT2D eigenvalue weighted by Crippen LogP contribution is 1.91. The van der Waals surface area contributed by atoms with Gasteiger partial charge in [0.05, 0.1) is 0 Å². The van der Waals surface area contributed by atoms with E-state index in [1.54, 1.807) is 0 Å². The first-order valence-corrected chi connectivity index (χ1v) is 4.34. The minimum atomic E-state index is 0.607. The first-order chi connectivity index (χ1) is 4.27. The molecule has 0 unspecified atom stereocenters. The minimum absolute atomic E-state index is 0.607. The van der Waals surface area contributed by atoms with Crippen molar-refractivity contribution in [1.82, 2.24) is 0 Å². The predicted octanol–water partition coefficient (Wildman–Crippen LogP) is 1.88. The van der Waals surface area contributed by atoms with Gasteiger partial charge in [0, 0.05) is 6.61 Å². The average molecular weight is 142 g/mol. The van der Waals surface area contributed by atoms with Crippen LogP contribution in [0.4, 0.5) is 0 Å². The molecule has 9 heavy (non-hydrogen) atoms. The van der Waals surface area contributed by atoms with Crippen molar-refractivity contribution in [2.45, 2.75) is 19.9 Å². The summed E-state index contributed by atoms with van der Waals surface area (Å²) in [6.07, 6.45) is 1.89. The molecule has 1 nitrogen and oxygen atoms in total. The molecule has 0 aliphatic carbocycles. The molecule has 0 bridgehead atoms. The molecular weight excluding hydrogens is 128 g/mol. The van der Waals surface area contributed by atoms with Crippen LogP contribution in [0.2, 0.25) is 6.04 Å². The third-order valence-corrected chi connectivity index (χ3v) is 1.57. The first-order valence-electron chi connectivity index (χ1n) is 3.23. The van der Waals surface area contributed by atoms with Gasteiger partial charge in [-0.25, -0.2) is 0 Å². The molecule has 0 spiro atoms. The van der Waals surface area contributed by atoms with Crippen molar-refractivity contribution in [2.75, 3.05) is 6.61 Å². The van der Waals surface area contributed by atoms with Crippen LogP contribution in [-0.2, 0) is 4.43 Å². The van der Waals surface area contributed by atoms with E-state index < -0.39 is 0 Å². The lowest BCUT2D eigenvalue weighted by molar-refractivity contribution is 0.285. The molecule has 0 amide bonds. The van der Waals surface area contributed by atoms with Crippen molar-refractivity contribution in [3.8, 4) is 0 Å². The summed E-state index contributed by atoms with van der Waals surface area (Å²) >= 11 is 0. The van der Waals surface area contributed by atoms with Gasteiger partial charge in [-0.2, -0.15) is 0 Å². The van der Waals surface area contributed by atoms with Crippen LogP contribution < -0.4 is 0 Å². The normalized spacial score (nSPS) is 10.1. The second-order valence-electron chi connectivity index (χ2n) is 2.34. The zero-order valence-electron chi connectivity index (χ0n) is 6.18. The summed E-state index contributed by atoms with van der Waals surface area (Å²) in [7, 11) is 0.607. The van der Waals surface area contributed by atoms with E-state index in [-0.39, 0.29) is 0 Å². The van der Waals surface area contributed by atoms with Crippen LogP contribution in [0.5, 0.6) is 0 Å². The summed E-state index contributed by atoms with van der Waals surface area (Å²) in [5.74, 6) is 0.655. The van der Waals surface area contributed by atoms with Crippen LogP contribution in [0.3, 0.4) is 0 Å². The van der Waals surface area contributed by atoms with Crippen LogP contribution in [0.1, 0.15) is 13.8 Å². The monoisotopic (exact) mass is 142 g/mol. The van der Waals surface area contributed by atoms with Crippen molar-refractivity contribution < 1.29 is 4.43 Å². The molecule has 0 aromatic carbocycles. The highest BCUT2D eigenvalue weighted by atomic mass is 28.2. The third kappa shape index (κ3) is 7.92. The Morgan fingerprint density at radius 2 is 2.33 bits per heavy atom. The summed E-state index contributed by atoms with van der Waals surface area (Å²) < 4.78 is 5.29. The van der Waals surface area contributed by atoms with Crippen molar-refractivity contribution in [3.05, 3.63) is 12.7 Å². The fourth-order valence-corrected chi connectivity index (χ4v) is 1.03. The Morgan fingerprint density at radius 3 is 2.78 bits per heavy atom. The fourth-order valence-electron chi connectivity index (χ4n) is 0.343. The van der Waals surface area contributed by atoms with E-state index in [0.717, 1.165) is 12.7 Å². The van der Waals surface area contributed by atoms with Crippen molar-refractivity contribution in [3.63, 3.8) is 0 Å². The van der Waals surface area contributed by atoms with Gasteiger partial charge in [0.25, 0.3) is 0 Å². The zero-order valence-corrected chi connectivity index (χ0v) is 7.18. The van der Waals surface area contributed by atoms with Gasteiger partial charge in [0.2, 0.25) is 9.76 Å². The number of rotatable bonds is 5. The lowest BCUT2D eigenvalue weighted by atomic mass is 10.2. The van der Waals surface area contributed by atoms with Crippen LogP contribution in [0, 0.1) is 5.92 Å². The highest BCUT2D eigenvalue weighted by Gasteiger charge is 1.92. The van der Waals surface area contributed by atoms with Gasteiger partial charge in [0.1, 0.15) is 0 Å². The van der Waals surface area contributed by atoms with Crippen LogP contribution >= 0.6 is 0 Å². The predicted molar refractivity (Wildman–Crippen MR) is 41.5 cm³/mol. The standard InChI is InChI=1S/C7H14OSi/c1-4-5-9-8-6-7(2)3/h4,7H,1,5-6H2,2-3H3. The van der Waals surface area contributed by atoms with Crippen molar-refractivity contribution in [2.24, 2.45) is 5.92 Å². The summed E-state index contributed by atoms with van der Waals surface area (Å²) in [4.78, 5) is 0. The second-order valence-corrected chi connectivity index (χ2v) is 3.33. The maximum Gasteiger partial charge on any atom is 0.233 e. The largest absolute Gasteiger partial charge is 0.417 e. The summed E-state index contributed by atoms with van der Waals surface area (Å²) in [5.41, 5.74) is 0. The maximum absolute atomic E-state index is 5.29. The molecule has 0 fully saturated rings. The molecule has 0 aromatic heterocycles. The highest BCUT2D eigenvalue weighted by molar-refractivity contribution is 6.27. The Kier molecular flexibility index (Phi) is 5.99. The zero-order chi connectivity index (χ0) is 7.11. The third-order valence-electron chi connectivity index (χ3n) is 0.746. The van der Waals surface area contributed by atoms with E-state index in [9.17, 15) is 0 Å². The maximum atomic E-state index is 5.29. The van der Waals surface area contributed by atoms with Crippen molar-refractivity contribution >= 4 is 9.76 Å². The van der Waals surface area contributed by atoms with Gasteiger partial charge in [-0.15, -0.1) is 6.58 Å². The van der Waals surface area contributed by atoms with Gasteiger partial charge in [-0.05, 0) is 12.0 Å². The Morgan fingerprint density at radius 1 is 1.67 bits per heavy atom. The smallest absolute Gasteiger partial charge is 0.233 e. The SMILES string of the molecule is C=CC[Si]OCC(C)C. The van der Waals surface area contributed by atoms with Gasteiger partial charge in [0.15, 0.2) is 0 Å². The molecule has 0 saturated heterocycles. The average Bonchev–Trinajstić information content (AvgIpc) is 1.80. The van der Waals surface area contributed by atoms with Crippen molar-refractivity contribution in [1.29, 1.82) is 0 Å². The molecule has 52 valence electrons. The summed E-state index contributed by atoms with van der Waals surface area (Å²) in [6.45, 7) is 8.79. The second kappa shape index (κ2) is 6.04. The molecule has 0 heterocycles. The Balaban J connectivity index is 2.82. The molecule has 0 aliphatic rings. The quantitative estimate of drug-likeness (QED) is 0.323. The van der Waals surface area contributed by atoms with Crippen LogP contribution in [0.25, 0.3) is 0 Å². The first kappa shape index (κ1) is 8.92. The lowest BCUT2D eigenvalue weighted by Crippen LogP contribution is -2.04. The molecule has 0 aromatic rings. The van der Waals surface area contributed by atoms with E-state index in [0.29, 0.717) is 15.7 Å². The van der Waals surface area contributed by atoms with E-state index in [1.807, 2.05) is 6.08 Å². The Hall–Kier alpha value is -0.0831. The van der Waals surface area contributed by atoms with E-state index in [2.05, 4.69) is 20.4 Å². The van der Waals surface area contributed by atoms with Crippen LogP contribution in [0.15, 0.2) is 12.7 Å². The Labute approximate surface area is 60.1 Å². The van der Waals surface area contributed by atoms with E-state index >= 15 is 0 Å². The summed E-state index contributed by atoms with van der Waals surface area (Å²) in [5, 5.41) is 0. The lowest BCUT2D eigenvalue weighted by Gasteiger charge is -2.02. The Bertz CT molecular complexity index is 71.3. The molecule has 0 rings (SSSR count). The number of allylic oxidation sites excluding steroid dienone is 1. The number of hydrogen-bond acceptors (Lipinski definition) is 1. The molecule has 0 saturated carbocycles.